The molecule has 2 nitrogen and oxygen atoms in total. The van der Waals surface area contributed by atoms with Crippen LogP contribution in [-0.2, 0) is 6.42 Å². The van der Waals surface area contributed by atoms with E-state index in [4.69, 9.17) is 10.5 Å². The highest BCUT2D eigenvalue weighted by molar-refractivity contribution is 5.43. The van der Waals surface area contributed by atoms with Crippen molar-refractivity contribution in [3.63, 3.8) is 0 Å². The van der Waals surface area contributed by atoms with Crippen molar-refractivity contribution in [1.29, 1.82) is 0 Å². The molecule has 2 heteroatoms. The molecule has 0 radical (unpaired) electrons. The maximum atomic E-state index is 6.27. The molecule has 2 aromatic carbocycles. The largest absolute Gasteiger partial charge is 0.496 e. The van der Waals surface area contributed by atoms with E-state index in [0.29, 0.717) is 0 Å². The molecule has 20 heavy (non-hydrogen) atoms. The highest BCUT2D eigenvalue weighted by atomic mass is 16.5. The van der Waals surface area contributed by atoms with Crippen molar-refractivity contribution in [3.05, 3.63) is 64.7 Å². The van der Waals surface area contributed by atoms with Gasteiger partial charge in [0.2, 0.25) is 0 Å². The summed E-state index contributed by atoms with van der Waals surface area (Å²) < 4.78 is 5.50. The maximum absolute atomic E-state index is 6.27. The lowest BCUT2D eigenvalue weighted by Crippen LogP contribution is -2.11. The van der Waals surface area contributed by atoms with Crippen LogP contribution < -0.4 is 10.5 Å². The lowest BCUT2D eigenvalue weighted by atomic mass is 9.95. The fraction of sp³-hybridized carbons (Fsp3) is 0.333. The minimum absolute atomic E-state index is 0.0709. The minimum atomic E-state index is 0.0709. The average molecular weight is 269 g/mol. The molecule has 0 aliphatic carbocycles. The maximum Gasteiger partial charge on any atom is 0.122 e. The van der Waals surface area contributed by atoms with Crippen molar-refractivity contribution in [3.8, 4) is 5.75 Å². The molecule has 0 aliphatic heterocycles. The molecule has 0 spiro atoms. The van der Waals surface area contributed by atoms with Crippen molar-refractivity contribution in [2.24, 2.45) is 5.73 Å². The summed E-state index contributed by atoms with van der Waals surface area (Å²) in [6.07, 6.45) is 1.86. The molecular weight excluding hydrogens is 246 g/mol. The summed E-state index contributed by atoms with van der Waals surface area (Å²) in [4.78, 5) is 0. The van der Waals surface area contributed by atoms with Crippen LogP contribution in [0.3, 0.4) is 0 Å². The summed E-state index contributed by atoms with van der Waals surface area (Å²) in [5, 5.41) is 0. The molecule has 2 aromatic rings. The van der Waals surface area contributed by atoms with Crippen molar-refractivity contribution < 1.29 is 4.74 Å². The quantitative estimate of drug-likeness (QED) is 0.892. The number of nitrogens with two attached hydrogens (primary N) is 1. The van der Waals surface area contributed by atoms with E-state index in [9.17, 15) is 0 Å². The predicted molar refractivity (Wildman–Crippen MR) is 84.2 cm³/mol. The molecule has 0 aromatic heterocycles. The van der Waals surface area contributed by atoms with Gasteiger partial charge in [-0.05, 0) is 55.0 Å². The SMILES string of the molecule is COc1cc(C)cc(C)c1CCC(N)c1ccccc1. The molecule has 0 saturated carbocycles. The van der Waals surface area contributed by atoms with Crippen molar-refractivity contribution in [2.75, 3.05) is 7.11 Å². The van der Waals surface area contributed by atoms with Gasteiger partial charge in [0, 0.05) is 6.04 Å². The fourth-order valence-corrected chi connectivity index (χ4v) is 2.63. The lowest BCUT2D eigenvalue weighted by Gasteiger charge is -2.16. The first-order valence-electron chi connectivity index (χ1n) is 7.06. The Morgan fingerprint density at radius 1 is 1.10 bits per heavy atom. The first kappa shape index (κ1) is 14.6. The van der Waals surface area contributed by atoms with Crippen LogP contribution in [0.5, 0.6) is 5.75 Å². The van der Waals surface area contributed by atoms with Crippen LogP contribution in [0.15, 0.2) is 42.5 Å². The topological polar surface area (TPSA) is 35.2 Å². The molecule has 0 amide bonds. The van der Waals surface area contributed by atoms with E-state index < -0.39 is 0 Å². The Bertz CT molecular complexity index is 563. The molecule has 0 aliphatic rings. The molecule has 106 valence electrons. The van der Waals surface area contributed by atoms with Crippen molar-refractivity contribution in [2.45, 2.75) is 32.7 Å². The zero-order valence-electron chi connectivity index (χ0n) is 12.5. The second kappa shape index (κ2) is 6.58. The van der Waals surface area contributed by atoms with Crippen LogP contribution in [0, 0.1) is 13.8 Å². The van der Waals surface area contributed by atoms with Gasteiger partial charge in [-0.2, -0.15) is 0 Å². The third-order valence-corrected chi connectivity index (χ3v) is 3.73. The van der Waals surface area contributed by atoms with Crippen LogP contribution in [0.4, 0.5) is 0 Å². The Balaban J connectivity index is 2.11. The van der Waals surface area contributed by atoms with E-state index in [1.807, 2.05) is 18.2 Å². The highest BCUT2D eigenvalue weighted by Crippen LogP contribution is 2.27. The molecule has 1 unspecified atom stereocenters. The summed E-state index contributed by atoms with van der Waals surface area (Å²) in [5.41, 5.74) is 11.2. The van der Waals surface area contributed by atoms with Gasteiger partial charge in [-0.25, -0.2) is 0 Å². The predicted octanol–water partition coefficient (Wildman–Crippen LogP) is 3.94. The van der Waals surface area contributed by atoms with Crippen LogP contribution in [0.2, 0.25) is 0 Å². The van der Waals surface area contributed by atoms with Crippen LogP contribution in [-0.4, -0.2) is 7.11 Å². The van der Waals surface area contributed by atoms with Gasteiger partial charge >= 0.3 is 0 Å². The summed E-state index contributed by atoms with van der Waals surface area (Å²) in [7, 11) is 1.73. The second-order valence-corrected chi connectivity index (χ2v) is 5.32. The standard InChI is InChI=1S/C18H23NO/c1-13-11-14(2)16(18(12-13)20-3)9-10-17(19)15-7-5-4-6-8-15/h4-8,11-12,17H,9-10,19H2,1-3H3. The first-order valence-corrected chi connectivity index (χ1v) is 7.06. The second-order valence-electron chi connectivity index (χ2n) is 5.32. The van der Waals surface area contributed by atoms with Gasteiger partial charge in [-0.1, -0.05) is 36.4 Å². The van der Waals surface area contributed by atoms with Gasteiger partial charge in [-0.15, -0.1) is 0 Å². The third kappa shape index (κ3) is 3.40. The number of aryl methyl sites for hydroxylation is 2. The van der Waals surface area contributed by atoms with Gasteiger partial charge in [0.15, 0.2) is 0 Å². The van der Waals surface area contributed by atoms with Gasteiger partial charge in [-0.3, -0.25) is 0 Å². The number of methoxy groups -OCH3 is 1. The van der Waals surface area contributed by atoms with Gasteiger partial charge in [0.1, 0.15) is 5.75 Å². The van der Waals surface area contributed by atoms with E-state index >= 15 is 0 Å². The summed E-state index contributed by atoms with van der Waals surface area (Å²) in [6.45, 7) is 4.23. The van der Waals surface area contributed by atoms with Gasteiger partial charge in [0.25, 0.3) is 0 Å². The van der Waals surface area contributed by atoms with Gasteiger partial charge in [0.05, 0.1) is 7.11 Å². The number of hydrogen-bond donors (Lipinski definition) is 1. The summed E-state index contributed by atoms with van der Waals surface area (Å²) >= 11 is 0. The minimum Gasteiger partial charge on any atom is -0.496 e. The van der Waals surface area contributed by atoms with E-state index in [2.05, 4.69) is 38.1 Å². The van der Waals surface area contributed by atoms with Crippen LogP contribution >= 0.6 is 0 Å². The Morgan fingerprint density at radius 2 is 1.80 bits per heavy atom. The smallest absolute Gasteiger partial charge is 0.122 e. The Morgan fingerprint density at radius 3 is 2.45 bits per heavy atom. The molecular formula is C18H23NO. The van der Waals surface area contributed by atoms with Crippen molar-refractivity contribution >= 4 is 0 Å². The number of rotatable bonds is 5. The average Bonchev–Trinajstić information content (AvgIpc) is 2.46. The normalized spacial score (nSPS) is 12.2. The van der Waals surface area contributed by atoms with E-state index in [1.54, 1.807) is 7.11 Å². The highest BCUT2D eigenvalue weighted by Gasteiger charge is 2.11. The Kier molecular flexibility index (Phi) is 4.80. The molecule has 0 saturated heterocycles. The molecule has 2 N–H and O–H groups in total. The Labute approximate surface area is 121 Å². The molecule has 2 rings (SSSR count). The van der Waals surface area contributed by atoms with Crippen molar-refractivity contribution in [1.82, 2.24) is 0 Å². The van der Waals surface area contributed by atoms with E-state index in [0.717, 1.165) is 18.6 Å². The Hall–Kier alpha value is -1.80. The third-order valence-electron chi connectivity index (χ3n) is 3.73. The number of benzene rings is 2. The van der Waals surface area contributed by atoms with E-state index in [-0.39, 0.29) is 6.04 Å². The van der Waals surface area contributed by atoms with Gasteiger partial charge < -0.3 is 10.5 Å². The number of hydrogen-bond acceptors (Lipinski definition) is 2. The summed E-state index contributed by atoms with van der Waals surface area (Å²) in [6, 6.07) is 14.6. The lowest BCUT2D eigenvalue weighted by molar-refractivity contribution is 0.407. The zero-order chi connectivity index (χ0) is 14.5. The van der Waals surface area contributed by atoms with E-state index in [1.165, 1.54) is 22.3 Å². The fourth-order valence-electron chi connectivity index (χ4n) is 2.63. The monoisotopic (exact) mass is 269 g/mol. The van der Waals surface area contributed by atoms with Crippen LogP contribution in [0.1, 0.15) is 34.7 Å². The zero-order valence-corrected chi connectivity index (χ0v) is 12.5. The first-order chi connectivity index (χ1) is 9.61. The molecule has 1 atom stereocenters. The van der Waals surface area contributed by atoms with Crippen LogP contribution in [0.25, 0.3) is 0 Å². The summed E-state index contributed by atoms with van der Waals surface area (Å²) in [5.74, 6) is 0.975. The molecule has 0 heterocycles. The number of ether oxygens (including phenoxy) is 1. The molecule has 0 bridgehead atoms. The molecule has 0 fully saturated rings.